The maximum Gasteiger partial charge on any atom is 0.262 e. The zero-order chi connectivity index (χ0) is 14.7. The van der Waals surface area contributed by atoms with E-state index in [0.29, 0.717) is 23.5 Å². The van der Waals surface area contributed by atoms with Crippen molar-refractivity contribution in [3.05, 3.63) is 59.7 Å². The summed E-state index contributed by atoms with van der Waals surface area (Å²) in [6.07, 6.45) is 0. The van der Waals surface area contributed by atoms with Gasteiger partial charge in [0, 0.05) is 6.54 Å². The number of carbonyl (C=O) groups excluding carboxylic acids is 2. The molecule has 2 aromatic rings. The fraction of sp³-hybridized carbons (Fsp3) is 0.125. The summed E-state index contributed by atoms with van der Waals surface area (Å²) in [5.74, 6) is 0.00859. The van der Waals surface area contributed by atoms with E-state index in [-0.39, 0.29) is 18.4 Å². The van der Waals surface area contributed by atoms with Crippen LogP contribution in [-0.2, 0) is 11.3 Å². The predicted molar refractivity (Wildman–Crippen MR) is 78.2 cm³/mol. The Bertz CT molecular complexity index is 683. The van der Waals surface area contributed by atoms with Crippen molar-refractivity contribution in [2.75, 3.05) is 11.9 Å². The van der Waals surface area contributed by atoms with Gasteiger partial charge in [0.1, 0.15) is 5.75 Å². The summed E-state index contributed by atoms with van der Waals surface area (Å²) in [7, 11) is 0. The highest BCUT2D eigenvalue weighted by molar-refractivity contribution is 6.06. The Hall–Kier alpha value is -2.82. The molecule has 0 aliphatic carbocycles. The predicted octanol–water partition coefficient (Wildman–Crippen LogP) is 1.95. The molecule has 2 N–H and O–H groups in total. The fourth-order valence-corrected chi connectivity index (χ4v) is 2.16. The Morgan fingerprint density at radius 1 is 1.14 bits per heavy atom. The van der Waals surface area contributed by atoms with E-state index in [1.165, 1.54) is 0 Å². The SMILES string of the molecule is O=C1COc2cccc(C(=O)NCc3ccccc3)c2N1. The number of nitrogens with one attached hydrogen (secondary N) is 2. The van der Waals surface area contributed by atoms with Crippen LogP contribution in [0.15, 0.2) is 48.5 Å². The van der Waals surface area contributed by atoms with Gasteiger partial charge in [-0.1, -0.05) is 36.4 Å². The highest BCUT2D eigenvalue weighted by Gasteiger charge is 2.22. The summed E-state index contributed by atoms with van der Waals surface area (Å²) in [6, 6.07) is 14.7. The van der Waals surface area contributed by atoms with Crippen molar-refractivity contribution in [2.24, 2.45) is 0 Å². The molecule has 5 heteroatoms. The van der Waals surface area contributed by atoms with Crippen molar-refractivity contribution < 1.29 is 14.3 Å². The van der Waals surface area contributed by atoms with Crippen LogP contribution < -0.4 is 15.4 Å². The van der Waals surface area contributed by atoms with Crippen LogP contribution in [0.2, 0.25) is 0 Å². The second kappa shape index (κ2) is 5.66. The van der Waals surface area contributed by atoms with Crippen molar-refractivity contribution in [2.45, 2.75) is 6.54 Å². The van der Waals surface area contributed by atoms with Gasteiger partial charge in [0.15, 0.2) is 6.61 Å². The number of carbonyl (C=O) groups is 2. The third-order valence-electron chi connectivity index (χ3n) is 3.19. The van der Waals surface area contributed by atoms with Crippen LogP contribution in [0, 0.1) is 0 Å². The van der Waals surface area contributed by atoms with E-state index in [2.05, 4.69) is 10.6 Å². The standard InChI is InChI=1S/C16H14N2O3/c19-14-10-21-13-8-4-7-12(15(13)18-14)16(20)17-9-11-5-2-1-3-6-11/h1-8H,9-10H2,(H,17,20)(H,18,19). The number of ether oxygens (including phenoxy) is 1. The second-order valence-electron chi connectivity index (χ2n) is 4.68. The van der Waals surface area contributed by atoms with Crippen LogP contribution >= 0.6 is 0 Å². The van der Waals surface area contributed by atoms with Gasteiger partial charge in [-0.25, -0.2) is 0 Å². The Labute approximate surface area is 121 Å². The molecule has 0 saturated heterocycles. The molecule has 3 rings (SSSR count). The lowest BCUT2D eigenvalue weighted by atomic mass is 10.1. The van der Waals surface area contributed by atoms with Crippen molar-refractivity contribution in [3.63, 3.8) is 0 Å². The number of anilines is 1. The van der Waals surface area contributed by atoms with Crippen LogP contribution in [0.25, 0.3) is 0 Å². The maximum atomic E-state index is 12.3. The minimum Gasteiger partial charge on any atom is -0.482 e. The van der Waals surface area contributed by atoms with Crippen LogP contribution in [-0.4, -0.2) is 18.4 Å². The number of hydrogen-bond donors (Lipinski definition) is 2. The second-order valence-corrected chi connectivity index (χ2v) is 4.68. The van der Waals surface area contributed by atoms with Crippen molar-refractivity contribution in [1.82, 2.24) is 5.32 Å². The van der Waals surface area contributed by atoms with Gasteiger partial charge in [-0.2, -0.15) is 0 Å². The van der Waals surface area contributed by atoms with E-state index < -0.39 is 0 Å². The number of hydrogen-bond acceptors (Lipinski definition) is 3. The minimum absolute atomic E-state index is 0.0257. The quantitative estimate of drug-likeness (QED) is 0.904. The van der Waals surface area contributed by atoms with Gasteiger partial charge in [0.05, 0.1) is 11.3 Å². The molecule has 1 heterocycles. The van der Waals surface area contributed by atoms with Gasteiger partial charge in [-0.15, -0.1) is 0 Å². The maximum absolute atomic E-state index is 12.3. The van der Waals surface area contributed by atoms with E-state index in [4.69, 9.17) is 4.74 Å². The van der Waals surface area contributed by atoms with Crippen molar-refractivity contribution in [1.29, 1.82) is 0 Å². The molecule has 0 unspecified atom stereocenters. The van der Waals surface area contributed by atoms with Crippen LogP contribution in [0.5, 0.6) is 5.75 Å². The summed E-state index contributed by atoms with van der Waals surface area (Å²) in [4.78, 5) is 23.7. The molecule has 1 aliphatic heterocycles. The summed E-state index contributed by atoms with van der Waals surface area (Å²) in [6.45, 7) is 0.403. The smallest absolute Gasteiger partial charge is 0.262 e. The molecule has 0 fully saturated rings. The molecule has 1 aliphatic rings. The van der Waals surface area contributed by atoms with E-state index in [0.717, 1.165) is 5.56 Å². The van der Waals surface area contributed by atoms with Gasteiger partial charge in [-0.3, -0.25) is 9.59 Å². The van der Waals surface area contributed by atoms with Gasteiger partial charge in [0.2, 0.25) is 0 Å². The Kier molecular flexibility index (Phi) is 3.55. The van der Waals surface area contributed by atoms with Crippen molar-refractivity contribution >= 4 is 17.5 Å². The van der Waals surface area contributed by atoms with Gasteiger partial charge in [-0.05, 0) is 17.7 Å². The highest BCUT2D eigenvalue weighted by Crippen LogP contribution is 2.31. The molecule has 2 amide bonds. The molecule has 0 saturated carbocycles. The molecule has 0 atom stereocenters. The number of para-hydroxylation sites is 1. The average molecular weight is 282 g/mol. The molecule has 0 radical (unpaired) electrons. The minimum atomic E-state index is -0.259. The van der Waals surface area contributed by atoms with Crippen molar-refractivity contribution in [3.8, 4) is 5.75 Å². The number of benzene rings is 2. The lowest BCUT2D eigenvalue weighted by Crippen LogP contribution is -2.29. The summed E-state index contributed by atoms with van der Waals surface area (Å²) in [5, 5.41) is 5.52. The molecular weight excluding hydrogens is 268 g/mol. The zero-order valence-corrected chi connectivity index (χ0v) is 11.3. The van der Waals surface area contributed by atoms with Crippen LogP contribution in [0.1, 0.15) is 15.9 Å². The summed E-state index contributed by atoms with van der Waals surface area (Å²) < 4.78 is 5.30. The summed E-state index contributed by atoms with van der Waals surface area (Å²) >= 11 is 0. The van der Waals surface area contributed by atoms with Gasteiger partial charge < -0.3 is 15.4 Å². The van der Waals surface area contributed by atoms with Gasteiger partial charge >= 0.3 is 0 Å². The third kappa shape index (κ3) is 2.86. The van der Waals surface area contributed by atoms with E-state index in [1.54, 1.807) is 18.2 Å². The molecular formula is C16H14N2O3. The first kappa shape index (κ1) is 13.2. The first-order valence-electron chi connectivity index (χ1n) is 6.62. The Balaban J connectivity index is 1.77. The molecule has 106 valence electrons. The van der Waals surface area contributed by atoms with Crippen LogP contribution in [0.3, 0.4) is 0 Å². The van der Waals surface area contributed by atoms with Gasteiger partial charge in [0.25, 0.3) is 11.8 Å². The Morgan fingerprint density at radius 3 is 2.76 bits per heavy atom. The molecule has 5 nitrogen and oxygen atoms in total. The molecule has 0 bridgehead atoms. The number of amides is 2. The molecule has 2 aromatic carbocycles. The lowest BCUT2D eigenvalue weighted by molar-refractivity contribution is -0.118. The van der Waals surface area contributed by atoms with E-state index in [9.17, 15) is 9.59 Å². The fourth-order valence-electron chi connectivity index (χ4n) is 2.16. The third-order valence-corrected chi connectivity index (χ3v) is 3.19. The first-order chi connectivity index (χ1) is 10.2. The van der Waals surface area contributed by atoms with E-state index >= 15 is 0 Å². The van der Waals surface area contributed by atoms with Crippen LogP contribution in [0.4, 0.5) is 5.69 Å². The first-order valence-corrected chi connectivity index (χ1v) is 6.62. The monoisotopic (exact) mass is 282 g/mol. The number of fused-ring (bicyclic) bond motifs is 1. The molecule has 0 aromatic heterocycles. The lowest BCUT2D eigenvalue weighted by Gasteiger charge is -2.20. The zero-order valence-electron chi connectivity index (χ0n) is 11.3. The van der Waals surface area contributed by atoms with E-state index in [1.807, 2.05) is 30.3 Å². The summed E-state index contributed by atoms with van der Waals surface area (Å²) in [5.41, 5.74) is 1.84. The topological polar surface area (TPSA) is 67.4 Å². The number of rotatable bonds is 3. The molecule has 0 spiro atoms. The normalized spacial score (nSPS) is 12.9. The average Bonchev–Trinajstić information content (AvgIpc) is 2.53. The molecule has 21 heavy (non-hydrogen) atoms. The highest BCUT2D eigenvalue weighted by atomic mass is 16.5. The largest absolute Gasteiger partial charge is 0.482 e. The Morgan fingerprint density at radius 2 is 1.95 bits per heavy atom.